The molecule has 0 saturated carbocycles. The van der Waals surface area contributed by atoms with Gasteiger partial charge in [0, 0.05) is 0 Å². The van der Waals surface area contributed by atoms with E-state index in [1.807, 2.05) is 20.8 Å². The van der Waals surface area contributed by atoms with Crippen molar-refractivity contribution < 1.29 is 22.6 Å². The van der Waals surface area contributed by atoms with Crippen LogP contribution in [0.15, 0.2) is 46.4 Å². The van der Waals surface area contributed by atoms with Gasteiger partial charge >= 0.3 is 0 Å². The smallest absolute Gasteiger partial charge is 0.276 e. The van der Waals surface area contributed by atoms with Gasteiger partial charge in [-0.3, -0.25) is 0 Å². The van der Waals surface area contributed by atoms with Gasteiger partial charge < -0.3 is 14.2 Å². The number of halogens is 1. The highest BCUT2D eigenvalue weighted by atomic mass is 35.5. The van der Waals surface area contributed by atoms with Crippen molar-refractivity contribution in [2.45, 2.75) is 31.8 Å². The Kier molecular flexibility index (Phi) is 7.53. The number of sulfonamides is 1. The van der Waals surface area contributed by atoms with Crippen molar-refractivity contribution in [3.63, 3.8) is 0 Å². The second-order valence-electron chi connectivity index (χ2n) is 5.96. The standard InChI is InChI=1S/C19H23ClN2O5S/c1-5-26-19-17(20)10-14(11-18(19)25-4)12-21-22-28(23,24)16-8-6-15(7-9-16)27-13(2)3/h6-13,22H,5H2,1-4H3/b21-12+. The van der Waals surface area contributed by atoms with E-state index in [1.54, 1.807) is 24.3 Å². The molecule has 2 rings (SSSR count). The lowest BCUT2D eigenvalue weighted by molar-refractivity contribution is 0.242. The number of rotatable bonds is 9. The Labute approximate surface area is 170 Å². The zero-order chi connectivity index (χ0) is 20.7. The molecule has 0 aliphatic rings. The molecule has 152 valence electrons. The highest BCUT2D eigenvalue weighted by Gasteiger charge is 2.14. The molecule has 0 amide bonds. The summed E-state index contributed by atoms with van der Waals surface area (Å²) >= 11 is 6.19. The van der Waals surface area contributed by atoms with Crippen LogP contribution in [0.1, 0.15) is 26.3 Å². The van der Waals surface area contributed by atoms with Crippen LogP contribution in [0, 0.1) is 0 Å². The molecule has 2 aromatic rings. The van der Waals surface area contributed by atoms with Crippen LogP contribution in [0.3, 0.4) is 0 Å². The van der Waals surface area contributed by atoms with E-state index < -0.39 is 10.0 Å². The van der Waals surface area contributed by atoms with Crippen molar-refractivity contribution in [3.05, 3.63) is 47.0 Å². The van der Waals surface area contributed by atoms with E-state index in [4.69, 9.17) is 25.8 Å². The van der Waals surface area contributed by atoms with Crippen LogP contribution >= 0.6 is 11.6 Å². The molecule has 28 heavy (non-hydrogen) atoms. The van der Waals surface area contributed by atoms with E-state index in [-0.39, 0.29) is 11.0 Å². The first kappa shape index (κ1) is 21.8. The van der Waals surface area contributed by atoms with Gasteiger partial charge in [0.15, 0.2) is 11.5 Å². The zero-order valence-electron chi connectivity index (χ0n) is 16.1. The van der Waals surface area contributed by atoms with Crippen molar-refractivity contribution in [3.8, 4) is 17.2 Å². The number of nitrogens with one attached hydrogen (secondary N) is 1. The third-order valence-electron chi connectivity index (χ3n) is 3.43. The van der Waals surface area contributed by atoms with Gasteiger partial charge in [0.05, 0.1) is 36.0 Å². The normalized spacial score (nSPS) is 11.6. The molecule has 0 fully saturated rings. The van der Waals surface area contributed by atoms with Gasteiger partial charge in [-0.2, -0.15) is 13.5 Å². The minimum Gasteiger partial charge on any atom is -0.493 e. The Hall–Kier alpha value is -2.45. The van der Waals surface area contributed by atoms with Crippen molar-refractivity contribution >= 4 is 27.8 Å². The monoisotopic (exact) mass is 426 g/mol. The number of methoxy groups -OCH3 is 1. The molecule has 2 aromatic carbocycles. The number of nitrogens with zero attached hydrogens (tertiary/aromatic N) is 1. The Bertz CT molecular complexity index is 928. The molecule has 0 unspecified atom stereocenters. The van der Waals surface area contributed by atoms with Crippen molar-refractivity contribution in [1.29, 1.82) is 0 Å². The number of benzene rings is 2. The van der Waals surface area contributed by atoms with Gasteiger partial charge in [-0.15, -0.1) is 0 Å². The third kappa shape index (κ3) is 5.77. The van der Waals surface area contributed by atoms with Gasteiger partial charge in [0.1, 0.15) is 5.75 Å². The first-order chi connectivity index (χ1) is 13.3. The van der Waals surface area contributed by atoms with E-state index in [0.29, 0.717) is 34.4 Å². The average molecular weight is 427 g/mol. The molecule has 1 N–H and O–H groups in total. The van der Waals surface area contributed by atoms with Crippen LogP contribution in [0.4, 0.5) is 0 Å². The molecule has 0 aliphatic carbocycles. The first-order valence-electron chi connectivity index (χ1n) is 8.58. The second kappa shape index (κ2) is 9.66. The Morgan fingerprint density at radius 2 is 1.89 bits per heavy atom. The maximum absolute atomic E-state index is 12.3. The van der Waals surface area contributed by atoms with Crippen LogP contribution in [0.25, 0.3) is 0 Å². The molecule has 0 radical (unpaired) electrons. The topological polar surface area (TPSA) is 86.2 Å². The molecule has 0 bridgehead atoms. The maximum Gasteiger partial charge on any atom is 0.276 e. The quantitative estimate of drug-likeness (QED) is 0.486. The molecule has 0 aromatic heterocycles. The summed E-state index contributed by atoms with van der Waals surface area (Å²) in [5.74, 6) is 1.45. The van der Waals surface area contributed by atoms with E-state index in [2.05, 4.69) is 9.93 Å². The Morgan fingerprint density at radius 1 is 1.21 bits per heavy atom. The van der Waals surface area contributed by atoms with Gasteiger partial charge in [-0.25, -0.2) is 4.83 Å². The number of hydrogen-bond acceptors (Lipinski definition) is 6. The molecule has 0 atom stereocenters. The van der Waals surface area contributed by atoms with E-state index >= 15 is 0 Å². The van der Waals surface area contributed by atoms with Crippen molar-refractivity contribution in [1.82, 2.24) is 4.83 Å². The lowest BCUT2D eigenvalue weighted by atomic mass is 10.2. The van der Waals surface area contributed by atoms with Gasteiger partial charge in [0.25, 0.3) is 10.0 Å². The minimum atomic E-state index is -3.81. The number of hydrazone groups is 1. The molecule has 9 heteroatoms. The Balaban J connectivity index is 2.13. The third-order valence-corrected chi connectivity index (χ3v) is 4.95. The van der Waals surface area contributed by atoms with Crippen LogP contribution < -0.4 is 19.0 Å². The van der Waals surface area contributed by atoms with Crippen LogP contribution in [-0.2, 0) is 10.0 Å². The van der Waals surface area contributed by atoms with Gasteiger partial charge in [0.2, 0.25) is 0 Å². The van der Waals surface area contributed by atoms with Crippen molar-refractivity contribution in [2.24, 2.45) is 5.10 Å². The highest BCUT2D eigenvalue weighted by molar-refractivity contribution is 7.89. The van der Waals surface area contributed by atoms with Crippen LogP contribution in [0.5, 0.6) is 17.2 Å². The van der Waals surface area contributed by atoms with Gasteiger partial charge in [-0.1, -0.05) is 11.6 Å². The molecule has 0 heterocycles. The number of ether oxygens (including phenoxy) is 3. The summed E-state index contributed by atoms with van der Waals surface area (Å²) in [6.45, 7) is 6.05. The first-order valence-corrected chi connectivity index (χ1v) is 10.4. The summed E-state index contributed by atoms with van der Waals surface area (Å²) < 4.78 is 40.9. The van der Waals surface area contributed by atoms with Crippen LogP contribution in [-0.4, -0.2) is 34.5 Å². The average Bonchev–Trinajstić information content (AvgIpc) is 2.63. The summed E-state index contributed by atoms with van der Waals surface area (Å²) in [4.78, 5) is 2.24. The Morgan fingerprint density at radius 3 is 2.46 bits per heavy atom. The predicted molar refractivity (Wildman–Crippen MR) is 109 cm³/mol. The summed E-state index contributed by atoms with van der Waals surface area (Å²) in [5.41, 5.74) is 0.550. The predicted octanol–water partition coefficient (Wildman–Crippen LogP) is 3.85. The summed E-state index contributed by atoms with van der Waals surface area (Å²) in [6, 6.07) is 9.33. The van der Waals surface area contributed by atoms with E-state index in [9.17, 15) is 8.42 Å². The second-order valence-corrected chi connectivity index (χ2v) is 8.03. The van der Waals surface area contributed by atoms with E-state index in [0.717, 1.165) is 0 Å². The minimum absolute atomic E-state index is 0.00288. The van der Waals surface area contributed by atoms with Crippen molar-refractivity contribution in [2.75, 3.05) is 13.7 Å². The maximum atomic E-state index is 12.3. The fourth-order valence-corrected chi connectivity index (χ4v) is 3.36. The van der Waals surface area contributed by atoms with Crippen LogP contribution in [0.2, 0.25) is 5.02 Å². The molecule has 0 saturated heterocycles. The number of hydrogen-bond donors (Lipinski definition) is 1. The van der Waals surface area contributed by atoms with Gasteiger partial charge in [-0.05, 0) is 62.7 Å². The fourth-order valence-electron chi connectivity index (χ4n) is 2.29. The SMILES string of the molecule is CCOc1c(Cl)cc(/C=N/NS(=O)(=O)c2ccc(OC(C)C)cc2)cc1OC. The largest absolute Gasteiger partial charge is 0.493 e. The highest BCUT2D eigenvalue weighted by Crippen LogP contribution is 2.36. The molecular weight excluding hydrogens is 404 g/mol. The summed E-state index contributed by atoms with van der Waals surface area (Å²) in [5, 5.41) is 4.14. The molecule has 0 aliphatic heterocycles. The lowest BCUT2D eigenvalue weighted by Gasteiger charge is -2.11. The molecule has 0 spiro atoms. The summed E-state index contributed by atoms with van der Waals surface area (Å²) in [6.07, 6.45) is 1.33. The summed E-state index contributed by atoms with van der Waals surface area (Å²) in [7, 11) is -2.32. The zero-order valence-corrected chi connectivity index (χ0v) is 17.7. The molecule has 7 nitrogen and oxygen atoms in total. The van der Waals surface area contributed by atoms with E-state index in [1.165, 1.54) is 25.5 Å². The molecular formula is C19H23ClN2O5S. The fraction of sp³-hybridized carbons (Fsp3) is 0.316. The lowest BCUT2D eigenvalue weighted by Crippen LogP contribution is -2.18.